The Labute approximate surface area is 243 Å². The van der Waals surface area contributed by atoms with Gasteiger partial charge in [0.1, 0.15) is 15.9 Å². The molecule has 0 bridgehead atoms. The van der Waals surface area contributed by atoms with Gasteiger partial charge in [0.25, 0.3) is 0 Å². The molecule has 3 rings (SSSR count). The van der Waals surface area contributed by atoms with Crippen molar-refractivity contribution in [2.45, 2.75) is 16.7 Å². The van der Waals surface area contributed by atoms with Crippen LogP contribution in [-0.4, -0.2) is 24.5 Å². The number of rotatable bonds is 8. The average molecular weight is 522 g/mol. The van der Waals surface area contributed by atoms with Gasteiger partial charge in [-0.1, -0.05) is 36.4 Å². The van der Waals surface area contributed by atoms with Crippen LogP contribution in [0.3, 0.4) is 0 Å². The van der Waals surface area contributed by atoms with Crippen LogP contribution in [-0.2, 0) is 19.5 Å². The van der Waals surface area contributed by atoms with Crippen molar-refractivity contribution in [2.75, 3.05) is 0 Å². The first kappa shape index (κ1) is 31.1. The zero-order valence-electron chi connectivity index (χ0n) is 18.2. The second-order valence-electron chi connectivity index (χ2n) is 6.53. The van der Waals surface area contributed by atoms with Gasteiger partial charge >= 0.3 is 59.1 Å². The van der Waals surface area contributed by atoms with E-state index in [1.165, 1.54) is 55.5 Å². The Bertz CT molecular complexity index is 1300. The van der Waals surface area contributed by atoms with Crippen LogP contribution in [0.15, 0.2) is 70.5 Å². The summed E-state index contributed by atoms with van der Waals surface area (Å²) >= 11 is 0.310. The van der Waals surface area contributed by atoms with Gasteiger partial charge in [0.2, 0.25) is 0 Å². The standard InChI is InChI=1S/C21H15FO8S2.2Na/c1-12-2-3-16(11-19(12)32(26,27)28)21(24)14-6-4-13(5-7-14)20(23)15-8-9-17(22)18(10-15)31-30-29-25;;/h2-11,25H,1H3,(H,26,27,28);;/q;2*+1/p-2. The van der Waals surface area contributed by atoms with Crippen LogP contribution in [0.5, 0.6) is 0 Å². The van der Waals surface area contributed by atoms with Crippen molar-refractivity contribution in [1.29, 1.82) is 0 Å². The van der Waals surface area contributed by atoms with E-state index in [0.29, 0.717) is 12.0 Å². The maximum Gasteiger partial charge on any atom is 1.00 e. The Balaban J connectivity index is 0.00000289. The van der Waals surface area contributed by atoms with Crippen LogP contribution < -0.4 is 64.4 Å². The second kappa shape index (κ2) is 13.4. The molecule has 0 heterocycles. The van der Waals surface area contributed by atoms with Crippen molar-refractivity contribution >= 4 is 33.7 Å². The van der Waals surface area contributed by atoms with E-state index in [1.54, 1.807) is 0 Å². The number of benzene rings is 3. The van der Waals surface area contributed by atoms with Gasteiger partial charge in [-0.15, -0.1) is 0 Å². The molecule has 0 spiro atoms. The van der Waals surface area contributed by atoms with Gasteiger partial charge in [0.05, 0.1) is 21.8 Å². The summed E-state index contributed by atoms with van der Waals surface area (Å²) in [5.41, 5.74) is 0.686. The van der Waals surface area contributed by atoms with Gasteiger partial charge < -0.3 is 9.81 Å². The van der Waals surface area contributed by atoms with Crippen LogP contribution >= 0.6 is 12.0 Å². The van der Waals surface area contributed by atoms with Gasteiger partial charge in [-0.05, 0) is 36.8 Å². The summed E-state index contributed by atoms with van der Waals surface area (Å²) in [7, 11) is -4.74. The van der Waals surface area contributed by atoms with Crippen molar-refractivity contribution < 1.29 is 101 Å². The molecule has 0 radical (unpaired) electrons. The number of hydrogen-bond donors (Lipinski definition) is 0. The minimum absolute atomic E-state index is 0. The van der Waals surface area contributed by atoms with E-state index in [2.05, 4.69) is 9.37 Å². The van der Waals surface area contributed by atoms with Crippen LogP contribution in [0, 0.1) is 12.7 Å². The number of ketones is 2. The molecule has 0 aliphatic rings. The Hall–Kier alpha value is -0.930. The van der Waals surface area contributed by atoms with Gasteiger partial charge in [0, 0.05) is 22.3 Å². The Morgan fingerprint density at radius 2 is 1.32 bits per heavy atom. The van der Waals surface area contributed by atoms with Gasteiger partial charge in [0.15, 0.2) is 11.6 Å². The quantitative estimate of drug-likeness (QED) is 0.0747. The third kappa shape index (κ3) is 7.53. The van der Waals surface area contributed by atoms with E-state index in [1.807, 2.05) is 0 Å². The molecular formula is C21H13FNa2O8S2. The molecule has 0 aliphatic carbocycles. The summed E-state index contributed by atoms with van der Waals surface area (Å²) in [6.07, 6.45) is 0. The zero-order valence-corrected chi connectivity index (χ0v) is 23.9. The third-order valence-electron chi connectivity index (χ3n) is 4.47. The third-order valence-corrected chi connectivity index (χ3v) is 6.07. The Morgan fingerprint density at radius 3 is 1.82 bits per heavy atom. The number of carbonyl (C=O) groups is 2. The van der Waals surface area contributed by atoms with Crippen molar-refractivity contribution in [3.8, 4) is 0 Å². The normalized spacial score (nSPS) is 10.7. The minimum Gasteiger partial charge on any atom is -0.744 e. The van der Waals surface area contributed by atoms with E-state index in [-0.39, 0.29) is 91.8 Å². The predicted octanol–water partition coefficient (Wildman–Crippen LogP) is -3.26. The number of carbonyl (C=O) groups excluding carboxylic acids is 2. The maximum absolute atomic E-state index is 13.7. The summed E-state index contributed by atoms with van der Waals surface area (Å²) in [6, 6.07) is 12.7. The monoisotopic (exact) mass is 522 g/mol. The van der Waals surface area contributed by atoms with E-state index in [0.717, 1.165) is 12.1 Å². The molecule has 0 saturated heterocycles. The molecule has 0 saturated carbocycles. The van der Waals surface area contributed by atoms with Crippen molar-refractivity contribution in [1.82, 2.24) is 0 Å². The molecule has 166 valence electrons. The largest absolute Gasteiger partial charge is 1.00 e. The Kier molecular flexibility index (Phi) is 12.3. The van der Waals surface area contributed by atoms with Crippen LogP contribution in [0.1, 0.15) is 37.4 Å². The summed E-state index contributed by atoms with van der Waals surface area (Å²) in [5.74, 6) is -1.74. The molecule has 0 aromatic heterocycles. The molecule has 34 heavy (non-hydrogen) atoms. The topological polar surface area (TPSA) is 133 Å². The first-order valence-corrected chi connectivity index (χ1v) is 11.0. The molecule has 13 heteroatoms. The van der Waals surface area contributed by atoms with Crippen LogP contribution in [0.2, 0.25) is 0 Å². The molecule has 0 amide bonds. The van der Waals surface area contributed by atoms with Gasteiger partial charge in [-0.25, -0.2) is 12.8 Å². The molecule has 0 atom stereocenters. The average Bonchev–Trinajstić information content (AvgIpc) is 2.77. The summed E-state index contributed by atoms with van der Waals surface area (Å²) < 4.78 is 51.9. The smallest absolute Gasteiger partial charge is 0.744 e. The molecule has 3 aromatic carbocycles. The summed E-state index contributed by atoms with van der Waals surface area (Å²) in [6.45, 7) is 1.44. The molecule has 3 aromatic rings. The first-order chi connectivity index (χ1) is 15.1. The minimum atomic E-state index is -4.74. The van der Waals surface area contributed by atoms with E-state index >= 15 is 0 Å². The van der Waals surface area contributed by atoms with Gasteiger partial charge in [-0.3, -0.25) is 14.6 Å². The molecule has 0 fully saturated rings. The Morgan fingerprint density at radius 1 is 0.853 bits per heavy atom. The molecule has 0 aliphatic heterocycles. The van der Waals surface area contributed by atoms with Crippen LogP contribution in [0.4, 0.5) is 4.39 Å². The SMILES string of the molecule is Cc1ccc(C(=O)c2ccc(C(=O)c3ccc(F)c(SOO[O-])c3)cc2)cc1S(=O)(=O)[O-].[Na+].[Na+]. The number of aryl methyl sites for hydroxylation is 1. The van der Waals surface area contributed by atoms with Crippen LogP contribution in [0.25, 0.3) is 0 Å². The second-order valence-corrected chi connectivity index (χ2v) is 8.63. The fourth-order valence-electron chi connectivity index (χ4n) is 2.88. The predicted molar refractivity (Wildman–Crippen MR) is 107 cm³/mol. The van der Waals surface area contributed by atoms with Gasteiger partial charge in [-0.2, -0.15) is 4.33 Å². The molecule has 8 nitrogen and oxygen atoms in total. The van der Waals surface area contributed by atoms with Crippen molar-refractivity contribution in [2.24, 2.45) is 0 Å². The number of hydrogen-bond acceptors (Lipinski definition) is 9. The maximum atomic E-state index is 13.7. The van der Waals surface area contributed by atoms with Crippen molar-refractivity contribution in [3.63, 3.8) is 0 Å². The molecule has 0 N–H and O–H groups in total. The van der Waals surface area contributed by atoms with E-state index < -0.39 is 32.4 Å². The van der Waals surface area contributed by atoms with E-state index in [4.69, 9.17) is 0 Å². The summed E-state index contributed by atoms with van der Waals surface area (Å²) in [5, 5.41) is 13.1. The van der Waals surface area contributed by atoms with E-state index in [9.17, 15) is 32.2 Å². The fourth-order valence-corrected chi connectivity index (χ4v) is 4.03. The molecule has 0 unspecified atom stereocenters. The summed E-state index contributed by atoms with van der Waals surface area (Å²) in [4.78, 5) is 24.8. The number of halogens is 1. The molecular weight excluding hydrogens is 509 g/mol. The first-order valence-electron chi connectivity index (χ1n) is 8.80. The zero-order chi connectivity index (χ0) is 23.5. The van der Waals surface area contributed by atoms with Crippen molar-refractivity contribution in [3.05, 3.63) is 94.3 Å². The fraction of sp³-hybridized carbons (Fsp3) is 0.0476.